The van der Waals surface area contributed by atoms with E-state index < -0.39 is 68.4 Å². The molecule has 1 aromatic rings. The van der Waals surface area contributed by atoms with E-state index in [4.69, 9.17) is 4.74 Å². The second-order valence-corrected chi connectivity index (χ2v) is 16.3. The van der Waals surface area contributed by atoms with E-state index in [0.717, 1.165) is 0 Å². The van der Waals surface area contributed by atoms with Gasteiger partial charge in [-0.2, -0.15) is 0 Å². The Bertz CT molecular complexity index is 1430. The average Bonchev–Trinajstić information content (AvgIpc) is 3.63. The molecule has 6 atom stereocenters. The number of nitrogens with zero attached hydrogens (tertiary/aromatic N) is 1. The summed E-state index contributed by atoms with van der Waals surface area (Å²) in [5.41, 5.74) is -3.23. The Kier molecular flexibility index (Phi) is 8.04. The van der Waals surface area contributed by atoms with Gasteiger partial charge in [-0.25, -0.2) is 17.9 Å². The van der Waals surface area contributed by atoms with Crippen LogP contribution in [0.1, 0.15) is 61.8 Å². The molecule has 1 saturated heterocycles. The lowest BCUT2D eigenvalue weighted by Crippen LogP contribution is -2.61. The second-order valence-electron chi connectivity index (χ2n) is 14.6. The fraction of sp³-hybridized carbons (Fsp3) is 0.613. The molecule has 4 amide bonds. The Morgan fingerprint density at radius 1 is 1.07 bits per heavy atom. The second kappa shape index (κ2) is 10.6. The van der Waals surface area contributed by atoms with Gasteiger partial charge in [0.1, 0.15) is 23.2 Å². The molecule has 3 aliphatic rings. The van der Waals surface area contributed by atoms with E-state index in [1.54, 1.807) is 39.0 Å². The van der Waals surface area contributed by atoms with Crippen LogP contribution in [0, 0.1) is 28.6 Å². The lowest BCUT2D eigenvalue weighted by molar-refractivity contribution is -0.144. The fourth-order valence-corrected chi connectivity index (χ4v) is 7.31. The minimum Gasteiger partial charge on any atom is -0.444 e. The molecule has 11 nitrogen and oxygen atoms in total. The van der Waals surface area contributed by atoms with Crippen LogP contribution in [0.25, 0.3) is 0 Å². The van der Waals surface area contributed by atoms with E-state index in [-0.39, 0.29) is 28.6 Å². The number of rotatable bonds is 8. The molecule has 3 N–H and O–H groups in total. The molecule has 4 rings (SSSR count). The van der Waals surface area contributed by atoms with Gasteiger partial charge in [-0.05, 0) is 62.0 Å². The number of fused-ring (bicyclic) bond motifs is 1. The molecular weight excluding hydrogens is 572 g/mol. The Morgan fingerprint density at radius 2 is 1.67 bits per heavy atom. The van der Waals surface area contributed by atoms with E-state index in [2.05, 4.69) is 21.9 Å². The number of hydrogen-bond acceptors (Lipinski definition) is 7. The summed E-state index contributed by atoms with van der Waals surface area (Å²) in [5, 5.41) is 5.53. The number of benzene rings is 1. The maximum absolute atomic E-state index is 14.1. The highest BCUT2D eigenvalue weighted by Crippen LogP contribution is 2.65. The fourth-order valence-electron chi connectivity index (χ4n) is 6.25. The van der Waals surface area contributed by atoms with Gasteiger partial charge in [0.25, 0.3) is 15.9 Å². The summed E-state index contributed by atoms with van der Waals surface area (Å²) in [7, 11) is -4.19. The van der Waals surface area contributed by atoms with Crippen molar-refractivity contribution in [2.75, 3.05) is 6.54 Å². The highest BCUT2D eigenvalue weighted by atomic mass is 32.2. The molecule has 0 bridgehead atoms. The number of ether oxygens (including phenoxy) is 1. The summed E-state index contributed by atoms with van der Waals surface area (Å²) in [5.74, 6) is -2.46. The first kappa shape index (κ1) is 32.5. The predicted octanol–water partition coefficient (Wildman–Crippen LogP) is 2.97. The van der Waals surface area contributed by atoms with Crippen molar-refractivity contribution < 1.29 is 32.3 Å². The Labute approximate surface area is 254 Å². The van der Waals surface area contributed by atoms with E-state index in [0.29, 0.717) is 6.54 Å². The number of piperidine rings is 1. The summed E-state index contributed by atoms with van der Waals surface area (Å²) in [4.78, 5) is 55.7. The zero-order valence-electron chi connectivity index (χ0n) is 26.2. The van der Waals surface area contributed by atoms with Crippen LogP contribution in [-0.4, -0.2) is 66.9 Å². The quantitative estimate of drug-likeness (QED) is 0.380. The van der Waals surface area contributed by atoms with Crippen LogP contribution in [0.2, 0.25) is 0 Å². The summed E-state index contributed by atoms with van der Waals surface area (Å²) >= 11 is 0. The maximum Gasteiger partial charge on any atom is 0.408 e. The maximum atomic E-state index is 14.1. The molecule has 0 radical (unpaired) electrons. The molecular formula is C31H44N4O7S. The third-order valence-electron chi connectivity index (χ3n) is 8.87. The number of sulfonamides is 1. The van der Waals surface area contributed by atoms with Crippen molar-refractivity contribution in [2.45, 2.75) is 89.9 Å². The monoisotopic (exact) mass is 616 g/mol. The highest BCUT2D eigenvalue weighted by Gasteiger charge is 2.71. The molecule has 12 heteroatoms. The smallest absolute Gasteiger partial charge is 0.408 e. The van der Waals surface area contributed by atoms with Crippen molar-refractivity contribution in [1.82, 2.24) is 20.3 Å². The SMILES string of the molecule is C=CC1C[C@]1(NC(=O)C1[C@@H]2C(CN1C(=O)[C@@H](NC(=O)OC(C)(C)C)C(C)(C)C)C2(C)C)C(=O)NS(=O)(=O)c1ccccc1. The molecule has 1 heterocycles. The number of nitrogens with one attached hydrogen (secondary N) is 3. The van der Waals surface area contributed by atoms with E-state index in [1.165, 1.54) is 23.1 Å². The minimum absolute atomic E-state index is 0.0481. The number of likely N-dealkylation sites (tertiary alicyclic amines) is 1. The van der Waals surface area contributed by atoms with Crippen molar-refractivity contribution in [2.24, 2.45) is 28.6 Å². The largest absolute Gasteiger partial charge is 0.444 e. The molecule has 3 unspecified atom stereocenters. The van der Waals surface area contributed by atoms with E-state index in [1.807, 2.05) is 34.6 Å². The first-order valence-corrected chi connectivity index (χ1v) is 16.0. The lowest BCUT2D eigenvalue weighted by atomic mass is 9.85. The minimum atomic E-state index is -4.19. The number of alkyl carbamates (subject to hydrolysis) is 1. The molecule has 1 aliphatic heterocycles. The van der Waals surface area contributed by atoms with Gasteiger partial charge in [0.05, 0.1) is 4.90 Å². The number of carbonyl (C=O) groups is 4. The van der Waals surface area contributed by atoms with Gasteiger partial charge in [0.15, 0.2) is 0 Å². The van der Waals surface area contributed by atoms with Gasteiger partial charge in [-0.3, -0.25) is 14.4 Å². The molecule has 43 heavy (non-hydrogen) atoms. The van der Waals surface area contributed by atoms with Crippen LogP contribution >= 0.6 is 0 Å². The Hall–Kier alpha value is -3.41. The predicted molar refractivity (Wildman–Crippen MR) is 160 cm³/mol. The zero-order valence-corrected chi connectivity index (χ0v) is 27.0. The molecule has 3 fully saturated rings. The summed E-state index contributed by atoms with van der Waals surface area (Å²) in [6, 6.07) is 5.57. The van der Waals surface area contributed by atoms with Gasteiger partial charge in [-0.15, -0.1) is 6.58 Å². The standard InChI is InChI=1S/C31H44N4O7S/c1-10-18-16-31(18,26(38)34-43(40,41)19-14-12-11-13-15-19)33-24(36)22-21-20(30(21,8)9)17-35(22)25(37)23(28(2,3)4)32-27(39)42-29(5,6)7/h10-15,18,20-23H,1,16-17H2,2-9H3,(H,32,39)(H,33,36)(H,34,38)/t18?,20?,21-,22?,23+,31+/m0/s1. The van der Waals surface area contributed by atoms with Crippen LogP contribution in [0.5, 0.6) is 0 Å². The van der Waals surface area contributed by atoms with Gasteiger partial charge >= 0.3 is 6.09 Å². The summed E-state index contributed by atoms with van der Waals surface area (Å²) in [6.45, 7) is 18.7. The third-order valence-corrected chi connectivity index (χ3v) is 10.2. The Morgan fingerprint density at radius 3 is 2.19 bits per heavy atom. The van der Waals surface area contributed by atoms with E-state index >= 15 is 0 Å². The molecule has 0 aromatic heterocycles. The van der Waals surface area contributed by atoms with Crippen molar-refractivity contribution in [3.8, 4) is 0 Å². The summed E-state index contributed by atoms with van der Waals surface area (Å²) < 4.78 is 33.4. The normalized spacial score (nSPS) is 28.1. The number of amides is 4. The zero-order chi connectivity index (χ0) is 32.3. The highest BCUT2D eigenvalue weighted by molar-refractivity contribution is 7.90. The van der Waals surface area contributed by atoms with Crippen molar-refractivity contribution >= 4 is 33.8 Å². The first-order valence-electron chi connectivity index (χ1n) is 14.5. The number of carbonyl (C=O) groups excluding carboxylic acids is 4. The molecule has 1 aromatic carbocycles. The van der Waals surface area contributed by atoms with Gasteiger partial charge in [0.2, 0.25) is 11.8 Å². The van der Waals surface area contributed by atoms with Crippen LogP contribution in [0.3, 0.4) is 0 Å². The van der Waals surface area contributed by atoms with Gasteiger partial charge in [0, 0.05) is 12.5 Å². The van der Waals surface area contributed by atoms with Crippen LogP contribution in [0.4, 0.5) is 4.79 Å². The first-order chi connectivity index (χ1) is 19.7. The van der Waals surface area contributed by atoms with Crippen LogP contribution in [-0.2, 0) is 29.1 Å². The van der Waals surface area contributed by atoms with Crippen LogP contribution < -0.4 is 15.4 Å². The topological polar surface area (TPSA) is 151 Å². The Balaban J connectivity index is 1.58. The van der Waals surface area contributed by atoms with E-state index in [9.17, 15) is 27.6 Å². The van der Waals surface area contributed by atoms with Crippen molar-refractivity contribution in [1.29, 1.82) is 0 Å². The van der Waals surface area contributed by atoms with Crippen molar-refractivity contribution in [3.63, 3.8) is 0 Å². The van der Waals surface area contributed by atoms with Crippen LogP contribution in [0.15, 0.2) is 47.9 Å². The average molecular weight is 617 g/mol. The molecule has 236 valence electrons. The summed E-state index contributed by atoms with van der Waals surface area (Å²) in [6.07, 6.45) is 0.937. The lowest BCUT2D eigenvalue weighted by Gasteiger charge is -2.38. The third kappa shape index (κ3) is 6.30. The van der Waals surface area contributed by atoms with Gasteiger partial charge in [-0.1, -0.05) is 58.9 Å². The van der Waals surface area contributed by atoms with Gasteiger partial charge < -0.3 is 20.3 Å². The molecule has 2 aliphatic carbocycles. The number of hydrogen-bond donors (Lipinski definition) is 3. The van der Waals surface area contributed by atoms with Crippen molar-refractivity contribution in [3.05, 3.63) is 43.0 Å². The molecule has 2 saturated carbocycles. The molecule has 0 spiro atoms.